The lowest BCUT2D eigenvalue weighted by Crippen LogP contribution is -2.08. The first-order valence-electron chi connectivity index (χ1n) is 7.92. The van der Waals surface area contributed by atoms with E-state index >= 15 is 0 Å². The average molecular weight is 339 g/mol. The molecular weight excluding hydrogens is 318 g/mol. The van der Waals surface area contributed by atoms with E-state index in [-0.39, 0.29) is 0 Å². The molecule has 0 saturated carbocycles. The highest BCUT2D eigenvalue weighted by Gasteiger charge is 2.12. The first kappa shape index (κ1) is 16.8. The van der Waals surface area contributed by atoms with Crippen LogP contribution in [0.4, 0.5) is 5.82 Å². The Morgan fingerprint density at radius 3 is 2.80 bits per heavy atom. The average Bonchev–Trinajstić information content (AvgIpc) is 3.07. The van der Waals surface area contributed by atoms with Crippen LogP contribution < -0.4 is 14.8 Å². The summed E-state index contributed by atoms with van der Waals surface area (Å²) in [6.45, 7) is 6.34. The predicted molar refractivity (Wildman–Crippen MR) is 96.3 cm³/mol. The van der Waals surface area contributed by atoms with E-state index in [4.69, 9.17) is 9.47 Å². The van der Waals surface area contributed by atoms with Gasteiger partial charge in [-0.05, 0) is 31.0 Å². The third-order valence-electron chi connectivity index (χ3n) is 3.83. The standard InChI is InChI=1S/C18H21N5O2/c1-5-6-14-8-13(9-15(24-3)17(14)25-4)10-19-16-7-12(2)22-18-20-11-21-23(16)18/h5,7-9,11,19H,1,6,10H2,2-4H3. The molecule has 25 heavy (non-hydrogen) atoms. The molecule has 0 bridgehead atoms. The van der Waals surface area contributed by atoms with Crippen molar-refractivity contribution in [1.29, 1.82) is 0 Å². The van der Waals surface area contributed by atoms with E-state index < -0.39 is 0 Å². The fraction of sp³-hybridized carbons (Fsp3) is 0.278. The monoisotopic (exact) mass is 339 g/mol. The molecule has 0 atom stereocenters. The highest BCUT2D eigenvalue weighted by molar-refractivity contribution is 5.51. The highest BCUT2D eigenvalue weighted by Crippen LogP contribution is 2.33. The molecule has 0 unspecified atom stereocenters. The van der Waals surface area contributed by atoms with Crippen molar-refractivity contribution in [2.45, 2.75) is 19.9 Å². The van der Waals surface area contributed by atoms with E-state index in [0.717, 1.165) is 28.4 Å². The van der Waals surface area contributed by atoms with Crippen molar-refractivity contribution in [3.8, 4) is 11.5 Å². The first-order valence-corrected chi connectivity index (χ1v) is 7.92. The molecule has 7 nitrogen and oxygen atoms in total. The smallest absolute Gasteiger partial charge is 0.254 e. The minimum Gasteiger partial charge on any atom is -0.493 e. The number of nitrogens with one attached hydrogen (secondary N) is 1. The molecule has 0 spiro atoms. The number of fused-ring (bicyclic) bond motifs is 1. The lowest BCUT2D eigenvalue weighted by Gasteiger charge is -2.15. The Labute approximate surface area is 146 Å². The Hall–Kier alpha value is -3.09. The summed E-state index contributed by atoms with van der Waals surface area (Å²) < 4.78 is 12.6. The number of aryl methyl sites for hydroxylation is 1. The quantitative estimate of drug-likeness (QED) is 0.667. The van der Waals surface area contributed by atoms with E-state index in [0.29, 0.717) is 24.5 Å². The van der Waals surface area contributed by atoms with Gasteiger partial charge in [-0.25, -0.2) is 4.98 Å². The van der Waals surface area contributed by atoms with Crippen LogP contribution in [0.5, 0.6) is 11.5 Å². The van der Waals surface area contributed by atoms with E-state index in [1.807, 2.05) is 25.1 Å². The van der Waals surface area contributed by atoms with Crippen LogP contribution in [-0.4, -0.2) is 33.8 Å². The van der Waals surface area contributed by atoms with Gasteiger partial charge in [-0.15, -0.1) is 6.58 Å². The Bertz CT molecular complexity index is 904. The normalized spacial score (nSPS) is 10.7. The Balaban J connectivity index is 1.90. The zero-order valence-corrected chi connectivity index (χ0v) is 14.6. The lowest BCUT2D eigenvalue weighted by atomic mass is 10.1. The largest absolute Gasteiger partial charge is 0.493 e. The van der Waals surface area contributed by atoms with Crippen LogP contribution in [0.2, 0.25) is 0 Å². The molecule has 3 rings (SSSR count). The number of allylic oxidation sites excluding steroid dienone is 1. The van der Waals surface area contributed by atoms with Crippen molar-refractivity contribution in [3.05, 3.63) is 54.0 Å². The van der Waals surface area contributed by atoms with E-state index in [1.54, 1.807) is 18.7 Å². The van der Waals surface area contributed by atoms with Gasteiger partial charge in [0.05, 0.1) is 14.2 Å². The van der Waals surface area contributed by atoms with Crippen molar-refractivity contribution in [3.63, 3.8) is 0 Å². The zero-order chi connectivity index (χ0) is 17.8. The van der Waals surface area contributed by atoms with Crippen LogP contribution in [0.3, 0.4) is 0 Å². The van der Waals surface area contributed by atoms with Crippen LogP contribution in [0.15, 0.2) is 37.2 Å². The van der Waals surface area contributed by atoms with Crippen LogP contribution in [0.1, 0.15) is 16.8 Å². The molecule has 0 saturated heterocycles. The number of hydrogen-bond donors (Lipinski definition) is 1. The molecule has 0 fully saturated rings. The second-order valence-electron chi connectivity index (χ2n) is 5.59. The van der Waals surface area contributed by atoms with Gasteiger partial charge in [0.15, 0.2) is 11.5 Å². The van der Waals surface area contributed by atoms with Gasteiger partial charge in [0.25, 0.3) is 5.78 Å². The topological polar surface area (TPSA) is 73.6 Å². The maximum Gasteiger partial charge on any atom is 0.254 e. The van der Waals surface area contributed by atoms with Crippen molar-refractivity contribution in [2.24, 2.45) is 0 Å². The van der Waals surface area contributed by atoms with Gasteiger partial charge in [-0.2, -0.15) is 14.6 Å². The molecule has 1 aromatic carbocycles. The number of anilines is 1. The minimum atomic E-state index is 0.571. The van der Waals surface area contributed by atoms with E-state index in [9.17, 15) is 0 Å². The molecule has 0 amide bonds. The van der Waals surface area contributed by atoms with Crippen LogP contribution >= 0.6 is 0 Å². The van der Waals surface area contributed by atoms with Crippen molar-refractivity contribution in [1.82, 2.24) is 19.6 Å². The minimum absolute atomic E-state index is 0.571. The van der Waals surface area contributed by atoms with Gasteiger partial charge in [-0.1, -0.05) is 6.08 Å². The number of rotatable bonds is 7. The van der Waals surface area contributed by atoms with Gasteiger partial charge in [-0.3, -0.25) is 0 Å². The van der Waals surface area contributed by atoms with E-state index in [1.165, 1.54) is 6.33 Å². The maximum atomic E-state index is 5.48. The molecule has 0 aliphatic rings. The predicted octanol–water partition coefficient (Wildman–Crippen LogP) is 2.79. The molecule has 2 aromatic heterocycles. The fourth-order valence-corrected chi connectivity index (χ4v) is 2.76. The number of nitrogens with zero attached hydrogens (tertiary/aromatic N) is 4. The van der Waals surface area contributed by atoms with Crippen LogP contribution in [0.25, 0.3) is 5.78 Å². The summed E-state index contributed by atoms with van der Waals surface area (Å²) in [6, 6.07) is 5.99. The number of benzene rings is 1. The van der Waals surface area contributed by atoms with Gasteiger partial charge in [0, 0.05) is 23.9 Å². The maximum absolute atomic E-state index is 5.48. The Kier molecular flexibility index (Phi) is 4.83. The Morgan fingerprint density at radius 2 is 2.08 bits per heavy atom. The second-order valence-corrected chi connectivity index (χ2v) is 5.59. The van der Waals surface area contributed by atoms with Gasteiger partial charge in [0.2, 0.25) is 0 Å². The van der Waals surface area contributed by atoms with Gasteiger partial charge < -0.3 is 14.8 Å². The first-order chi connectivity index (χ1) is 12.2. The van der Waals surface area contributed by atoms with Crippen LogP contribution in [0, 0.1) is 6.92 Å². The number of methoxy groups -OCH3 is 2. The number of aromatic nitrogens is 4. The summed E-state index contributed by atoms with van der Waals surface area (Å²) in [5.41, 5.74) is 2.98. The summed E-state index contributed by atoms with van der Waals surface area (Å²) in [4.78, 5) is 8.48. The molecule has 2 heterocycles. The molecule has 130 valence electrons. The summed E-state index contributed by atoms with van der Waals surface area (Å²) in [5.74, 6) is 2.85. The number of ether oxygens (including phenoxy) is 2. The molecular formula is C18H21N5O2. The van der Waals surface area contributed by atoms with Crippen molar-refractivity contribution < 1.29 is 9.47 Å². The van der Waals surface area contributed by atoms with Crippen LogP contribution in [-0.2, 0) is 13.0 Å². The second kappa shape index (κ2) is 7.21. The molecule has 0 radical (unpaired) electrons. The molecule has 0 aliphatic carbocycles. The summed E-state index contributed by atoms with van der Waals surface area (Å²) in [6.07, 6.45) is 4.04. The molecule has 7 heteroatoms. The summed E-state index contributed by atoms with van der Waals surface area (Å²) >= 11 is 0. The van der Waals surface area contributed by atoms with Crippen molar-refractivity contribution in [2.75, 3.05) is 19.5 Å². The highest BCUT2D eigenvalue weighted by atomic mass is 16.5. The molecule has 1 N–H and O–H groups in total. The third kappa shape index (κ3) is 3.40. The zero-order valence-electron chi connectivity index (χ0n) is 14.6. The summed E-state index contributed by atoms with van der Waals surface area (Å²) in [5, 5.41) is 7.59. The van der Waals surface area contributed by atoms with Gasteiger partial charge in [0.1, 0.15) is 12.1 Å². The summed E-state index contributed by atoms with van der Waals surface area (Å²) in [7, 11) is 3.28. The van der Waals surface area contributed by atoms with E-state index in [2.05, 4.69) is 33.0 Å². The van der Waals surface area contributed by atoms with Crippen molar-refractivity contribution >= 4 is 11.6 Å². The molecule has 3 aromatic rings. The Morgan fingerprint density at radius 1 is 1.24 bits per heavy atom. The molecule has 0 aliphatic heterocycles. The SMILES string of the molecule is C=CCc1cc(CNc2cc(C)nc3ncnn23)cc(OC)c1OC. The number of hydrogen-bond acceptors (Lipinski definition) is 6. The lowest BCUT2D eigenvalue weighted by molar-refractivity contribution is 0.352. The fourth-order valence-electron chi connectivity index (χ4n) is 2.76. The third-order valence-corrected chi connectivity index (χ3v) is 3.83. The van der Waals surface area contributed by atoms with Gasteiger partial charge >= 0.3 is 0 Å².